The van der Waals surface area contributed by atoms with E-state index in [2.05, 4.69) is 30.1 Å². The maximum Gasteiger partial charge on any atom is 0.119 e. The lowest BCUT2D eigenvalue weighted by atomic mass is 9.57. The van der Waals surface area contributed by atoms with Crippen molar-refractivity contribution < 1.29 is 10.2 Å². The molecular formula is C24H36N2O2. The molecule has 3 atom stereocenters. The summed E-state index contributed by atoms with van der Waals surface area (Å²) >= 11 is 0. The van der Waals surface area contributed by atoms with Crippen molar-refractivity contribution in [1.29, 1.82) is 0 Å². The Morgan fingerprint density at radius 3 is 2.57 bits per heavy atom. The molecule has 0 bridgehead atoms. The number of phenols is 1. The van der Waals surface area contributed by atoms with E-state index >= 15 is 0 Å². The molecule has 2 saturated carbocycles. The van der Waals surface area contributed by atoms with Crippen LogP contribution < -0.4 is 5.32 Å². The second-order valence-corrected chi connectivity index (χ2v) is 10.1. The van der Waals surface area contributed by atoms with Gasteiger partial charge in [-0.05, 0) is 113 Å². The summed E-state index contributed by atoms with van der Waals surface area (Å²) in [6.45, 7) is 8.42. The van der Waals surface area contributed by atoms with Gasteiger partial charge < -0.3 is 15.5 Å². The first-order chi connectivity index (χ1) is 13.4. The van der Waals surface area contributed by atoms with Crippen LogP contribution in [0.3, 0.4) is 0 Å². The molecule has 3 unspecified atom stereocenters. The predicted molar refractivity (Wildman–Crippen MR) is 112 cm³/mol. The van der Waals surface area contributed by atoms with Crippen molar-refractivity contribution in [1.82, 2.24) is 10.2 Å². The van der Waals surface area contributed by atoms with Crippen LogP contribution in [0.2, 0.25) is 0 Å². The summed E-state index contributed by atoms with van der Waals surface area (Å²) in [5, 5.41) is 26.7. The maximum atomic E-state index is 12.3. The molecule has 0 aromatic heterocycles. The first-order valence-corrected chi connectivity index (χ1v) is 11.5. The molecule has 3 N–H and O–H groups in total. The van der Waals surface area contributed by atoms with Crippen LogP contribution in [0.5, 0.6) is 5.75 Å². The van der Waals surface area contributed by atoms with Gasteiger partial charge in [0, 0.05) is 18.0 Å². The summed E-state index contributed by atoms with van der Waals surface area (Å²) in [6, 6.07) is 4.39. The Hall–Kier alpha value is -1.10. The summed E-state index contributed by atoms with van der Waals surface area (Å²) < 4.78 is 0. The molecule has 28 heavy (non-hydrogen) atoms. The first-order valence-electron chi connectivity index (χ1n) is 11.5. The molecule has 1 aromatic rings. The van der Waals surface area contributed by atoms with Gasteiger partial charge >= 0.3 is 0 Å². The van der Waals surface area contributed by atoms with Crippen LogP contribution >= 0.6 is 0 Å². The number of aryl methyl sites for hydroxylation is 1. The van der Waals surface area contributed by atoms with E-state index in [0.29, 0.717) is 11.7 Å². The van der Waals surface area contributed by atoms with Crippen LogP contribution in [0.25, 0.3) is 0 Å². The summed E-state index contributed by atoms with van der Waals surface area (Å²) in [5.74, 6) is 1.83. The number of rotatable bonds is 4. The number of nitrogens with one attached hydrogen (secondary N) is 1. The highest BCUT2D eigenvalue weighted by Crippen LogP contribution is 2.54. The smallest absolute Gasteiger partial charge is 0.119 e. The summed E-state index contributed by atoms with van der Waals surface area (Å²) in [5.41, 5.74) is 2.52. The molecule has 154 valence electrons. The fraction of sp³-hybridized carbons (Fsp3) is 0.750. The highest BCUT2D eigenvalue weighted by Gasteiger charge is 2.59. The molecule has 2 saturated heterocycles. The van der Waals surface area contributed by atoms with Crippen LogP contribution in [-0.2, 0) is 5.41 Å². The number of nitrogens with zero attached hydrogens (tertiary/aromatic N) is 1. The molecule has 2 aliphatic carbocycles. The van der Waals surface area contributed by atoms with Gasteiger partial charge in [-0.25, -0.2) is 0 Å². The van der Waals surface area contributed by atoms with Crippen molar-refractivity contribution in [3.63, 3.8) is 0 Å². The van der Waals surface area contributed by atoms with Gasteiger partial charge in [0.25, 0.3) is 0 Å². The van der Waals surface area contributed by atoms with E-state index in [4.69, 9.17) is 0 Å². The number of benzene rings is 1. The van der Waals surface area contributed by atoms with Gasteiger partial charge in [-0.1, -0.05) is 6.07 Å². The molecule has 1 aromatic carbocycles. The minimum Gasteiger partial charge on any atom is -0.508 e. The van der Waals surface area contributed by atoms with E-state index in [1.165, 1.54) is 36.8 Å². The van der Waals surface area contributed by atoms with E-state index in [9.17, 15) is 10.2 Å². The average molecular weight is 385 g/mol. The molecule has 0 radical (unpaired) electrons. The van der Waals surface area contributed by atoms with Crippen molar-refractivity contribution >= 4 is 0 Å². The molecule has 4 heteroatoms. The van der Waals surface area contributed by atoms with E-state index in [-0.39, 0.29) is 11.5 Å². The number of piperidine rings is 1. The molecule has 2 heterocycles. The zero-order valence-corrected chi connectivity index (χ0v) is 17.5. The van der Waals surface area contributed by atoms with E-state index in [0.717, 1.165) is 56.9 Å². The van der Waals surface area contributed by atoms with Crippen LogP contribution in [0.15, 0.2) is 12.1 Å². The standard InChI is InChI=1S/C24H36N2O2/c1-16-13-20(19-5-6-19)22(27)14-21(16)23-7-10-25-11-8-24(23,28)17(2)26(12-9-23)15-18-3-4-18/h13-14,17-19,25,27-28H,3-12,15H2,1-2H3. The van der Waals surface area contributed by atoms with Crippen LogP contribution in [0.1, 0.15) is 74.5 Å². The number of hydrogen-bond donors (Lipinski definition) is 3. The number of hydrogen-bond acceptors (Lipinski definition) is 4. The number of likely N-dealkylation sites (tertiary alicyclic amines) is 1. The highest BCUT2D eigenvalue weighted by atomic mass is 16.3. The highest BCUT2D eigenvalue weighted by molar-refractivity contribution is 5.49. The third kappa shape index (κ3) is 2.91. The normalized spacial score (nSPS) is 36.8. The van der Waals surface area contributed by atoms with Crippen molar-refractivity contribution in [3.05, 3.63) is 28.8 Å². The van der Waals surface area contributed by atoms with E-state index in [1.807, 2.05) is 6.07 Å². The number of aliphatic hydroxyl groups is 1. The molecule has 0 spiro atoms. The van der Waals surface area contributed by atoms with Gasteiger partial charge in [-0.15, -0.1) is 0 Å². The van der Waals surface area contributed by atoms with Gasteiger partial charge in [0.2, 0.25) is 0 Å². The largest absolute Gasteiger partial charge is 0.508 e. The van der Waals surface area contributed by atoms with Gasteiger partial charge in [-0.2, -0.15) is 0 Å². The molecule has 4 nitrogen and oxygen atoms in total. The fourth-order valence-corrected chi connectivity index (χ4v) is 6.28. The third-order valence-corrected chi connectivity index (χ3v) is 8.40. The Morgan fingerprint density at radius 1 is 1.11 bits per heavy atom. The Balaban J connectivity index is 1.57. The Labute approximate surface area is 169 Å². The molecule has 4 fully saturated rings. The van der Waals surface area contributed by atoms with Crippen molar-refractivity contribution in [3.8, 4) is 5.75 Å². The SMILES string of the molecule is Cc1cc(C2CC2)c(O)cc1C12CCNCCC1(O)C(C)N(CC1CC1)CC2. The third-order valence-electron chi connectivity index (χ3n) is 8.40. The predicted octanol–water partition coefficient (Wildman–Crippen LogP) is 3.43. The number of phenolic OH excluding ortho intramolecular Hbond substituents is 1. The lowest BCUT2D eigenvalue weighted by Gasteiger charge is -2.58. The first kappa shape index (κ1) is 18.9. The summed E-state index contributed by atoms with van der Waals surface area (Å²) in [4.78, 5) is 2.55. The fourth-order valence-electron chi connectivity index (χ4n) is 6.28. The average Bonchev–Trinajstić information content (AvgIpc) is 3.55. The summed E-state index contributed by atoms with van der Waals surface area (Å²) in [7, 11) is 0. The number of aromatic hydroxyl groups is 1. The zero-order valence-electron chi connectivity index (χ0n) is 17.5. The van der Waals surface area contributed by atoms with Gasteiger partial charge in [-0.3, -0.25) is 4.90 Å². The molecule has 5 rings (SSSR count). The Morgan fingerprint density at radius 2 is 1.86 bits per heavy atom. The van der Waals surface area contributed by atoms with Crippen molar-refractivity contribution in [2.24, 2.45) is 5.92 Å². The van der Waals surface area contributed by atoms with E-state index in [1.54, 1.807) is 0 Å². The lowest BCUT2D eigenvalue weighted by molar-refractivity contribution is -0.136. The zero-order chi connectivity index (χ0) is 19.5. The van der Waals surface area contributed by atoms with Crippen molar-refractivity contribution in [2.75, 3.05) is 26.2 Å². The van der Waals surface area contributed by atoms with Gasteiger partial charge in [0.1, 0.15) is 5.75 Å². The van der Waals surface area contributed by atoms with Crippen LogP contribution in [0.4, 0.5) is 0 Å². The molecular weight excluding hydrogens is 348 g/mol. The topological polar surface area (TPSA) is 55.7 Å². The molecule has 2 aliphatic heterocycles. The van der Waals surface area contributed by atoms with Crippen LogP contribution in [-0.4, -0.2) is 52.9 Å². The monoisotopic (exact) mass is 384 g/mol. The minimum atomic E-state index is -0.762. The quantitative estimate of drug-likeness (QED) is 0.744. The van der Waals surface area contributed by atoms with Gasteiger partial charge in [0.15, 0.2) is 0 Å². The minimum absolute atomic E-state index is 0.145. The second-order valence-electron chi connectivity index (χ2n) is 10.1. The Kier molecular flexibility index (Phi) is 4.53. The van der Waals surface area contributed by atoms with Crippen molar-refractivity contribution in [2.45, 2.75) is 81.8 Å². The van der Waals surface area contributed by atoms with E-state index < -0.39 is 5.60 Å². The lowest BCUT2D eigenvalue weighted by Crippen LogP contribution is -2.68. The second kappa shape index (κ2) is 6.72. The van der Waals surface area contributed by atoms with Crippen LogP contribution in [0, 0.1) is 12.8 Å². The number of fused-ring (bicyclic) bond motifs is 1. The maximum absolute atomic E-state index is 12.3. The summed E-state index contributed by atoms with van der Waals surface area (Å²) in [6.07, 6.45) is 7.78. The van der Waals surface area contributed by atoms with Gasteiger partial charge in [0.05, 0.1) is 5.60 Å². The molecule has 0 amide bonds. The Bertz CT molecular complexity index is 757. The molecule has 4 aliphatic rings.